The lowest BCUT2D eigenvalue weighted by Gasteiger charge is -2.26. The third-order valence-electron chi connectivity index (χ3n) is 3.70. The molecule has 2 N–H and O–H groups in total. The van der Waals surface area contributed by atoms with Gasteiger partial charge < -0.3 is 10.4 Å². The second-order valence-corrected chi connectivity index (χ2v) is 5.00. The maximum atomic E-state index is 9.30. The van der Waals surface area contributed by atoms with E-state index in [1.807, 2.05) is 6.08 Å². The van der Waals surface area contributed by atoms with Crippen LogP contribution in [0.25, 0.3) is 0 Å². The van der Waals surface area contributed by atoms with Crippen molar-refractivity contribution in [3.63, 3.8) is 0 Å². The summed E-state index contributed by atoms with van der Waals surface area (Å²) in [6.45, 7) is 6.37. The molecule has 94 valence electrons. The molecule has 3 atom stereocenters. The van der Waals surface area contributed by atoms with Crippen molar-refractivity contribution < 1.29 is 5.11 Å². The molecule has 0 aliphatic heterocycles. The van der Waals surface area contributed by atoms with Gasteiger partial charge in [0.2, 0.25) is 0 Å². The Morgan fingerprint density at radius 3 is 2.88 bits per heavy atom. The summed E-state index contributed by atoms with van der Waals surface area (Å²) in [6, 6.07) is 1.16. The van der Waals surface area contributed by atoms with Crippen LogP contribution in [0, 0.1) is 5.92 Å². The predicted molar refractivity (Wildman–Crippen MR) is 69.5 cm³/mol. The Hall–Kier alpha value is -0.340. The van der Waals surface area contributed by atoms with Gasteiger partial charge in [-0.05, 0) is 38.0 Å². The number of rotatable bonds is 8. The van der Waals surface area contributed by atoms with E-state index in [0.717, 1.165) is 6.42 Å². The first kappa shape index (κ1) is 13.7. The molecule has 1 fully saturated rings. The zero-order chi connectivity index (χ0) is 11.8. The number of aliphatic hydroxyl groups is 1. The lowest BCUT2D eigenvalue weighted by atomic mass is 10.0. The summed E-state index contributed by atoms with van der Waals surface area (Å²) in [4.78, 5) is 0. The number of hydrogen-bond donors (Lipinski definition) is 2. The molecule has 1 aliphatic rings. The molecule has 0 aromatic rings. The van der Waals surface area contributed by atoms with Crippen molar-refractivity contribution in [2.75, 3.05) is 6.61 Å². The fourth-order valence-electron chi connectivity index (χ4n) is 2.76. The summed E-state index contributed by atoms with van der Waals surface area (Å²) >= 11 is 0. The van der Waals surface area contributed by atoms with E-state index in [-0.39, 0.29) is 0 Å². The minimum Gasteiger partial charge on any atom is -0.396 e. The van der Waals surface area contributed by atoms with Gasteiger partial charge in [0, 0.05) is 18.7 Å². The van der Waals surface area contributed by atoms with Crippen LogP contribution < -0.4 is 5.32 Å². The molecule has 1 aliphatic carbocycles. The first-order chi connectivity index (χ1) is 7.81. The third kappa shape index (κ3) is 4.26. The Bertz CT molecular complexity index is 193. The molecule has 0 aromatic carbocycles. The van der Waals surface area contributed by atoms with Crippen molar-refractivity contribution in [3.8, 4) is 0 Å². The van der Waals surface area contributed by atoms with Crippen molar-refractivity contribution in [1.82, 2.24) is 5.32 Å². The van der Waals surface area contributed by atoms with Gasteiger partial charge in [-0.15, -0.1) is 6.58 Å². The van der Waals surface area contributed by atoms with Gasteiger partial charge in [-0.25, -0.2) is 0 Å². The molecule has 1 saturated carbocycles. The van der Waals surface area contributed by atoms with E-state index in [1.165, 1.54) is 38.5 Å². The van der Waals surface area contributed by atoms with E-state index in [1.54, 1.807) is 0 Å². The van der Waals surface area contributed by atoms with E-state index >= 15 is 0 Å². The van der Waals surface area contributed by atoms with Crippen LogP contribution in [0.5, 0.6) is 0 Å². The van der Waals surface area contributed by atoms with Crippen molar-refractivity contribution >= 4 is 0 Å². The molecule has 0 saturated heterocycles. The molecular formula is C14H27NO. The summed E-state index contributed by atoms with van der Waals surface area (Å²) in [5.41, 5.74) is 0. The SMILES string of the molecule is C=CCCC(CCC)NC1CCCC1CO. The summed E-state index contributed by atoms with van der Waals surface area (Å²) in [6.07, 6.45) is 10.4. The normalized spacial score (nSPS) is 26.9. The van der Waals surface area contributed by atoms with E-state index in [4.69, 9.17) is 0 Å². The maximum Gasteiger partial charge on any atom is 0.0474 e. The minimum atomic E-state index is 0.345. The van der Waals surface area contributed by atoms with Gasteiger partial charge in [0.15, 0.2) is 0 Å². The number of hydrogen-bond acceptors (Lipinski definition) is 2. The van der Waals surface area contributed by atoms with Crippen LogP contribution in [-0.2, 0) is 0 Å². The fourth-order valence-corrected chi connectivity index (χ4v) is 2.76. The van der Waals surface area contributed by atoms with Crippen molar-refractivity contribution in [1.29, 1.82) is 0 Å². The lowest BCUT2D eigenvalue weighted by Crippen LogP contribution is -2.41. The van der Waals surface area contributed by atoms with Gasteiger partial charge in [0.25, 0.3) is 0 Å². The van der Waals surface area contributed by atoms with Gasteiger partial charge in [-0.2, -0.15) is 0 Å². The second kappa shape index (κ2) is 7.86. The maximum absolute atomic E-state index is 9.30. The number of allylic oxidation sites excluding steroid dienone is 1. The quantitative estimate of drug-likeness (QED) is 0.623. The van der Waals surface area contributed by atoms with Gasteiger partial charge in [-0.3, -0.25) is 0 Å². The predicted octanol–water partition coefficient (Wildman–Crippen LogP) is 2.87. The summed E-state index contributed by atoms with van der Waals surface area (Å²) in [5, 5.41) is 13.0. The van der Waals surface area contributed by atoms with E-state index < -0.39 is 0 Å². The van der Waals surface area contributed by atoms with Gasteiger partial charge >= 0.3 is 0 Å². The third-order valence-corrected chi connectivity index (χ3v) is 3.70. The van der Waals surface area contributed by atoms with Crippen molar-refractivity contribution in [3.05, 3.63) is 12.7 Å². The summed E-state index contributed by atoms with van der Waals surface area (Å²) < 4.78 is 0. The molecule has 0 spiro atoms. The number of nitrogens with one attached hydrogen (secondary N) is 1. The Morgan fingerprint density at radius 1 is 1.44 bits per heavy atom. The van der Waals surface area contributed by atoms with Crippen LogP contribution in [0.1, 0.15) is 51.9 Å². The molecular weight excluding hydrogens is 198 g/mol. The van der Waals surface area contributed by atoms with Crippen molar-refractivity contribution in [2.24, 2.45) is 5.92 Å². The average molecular weight is 225 g/mol. The van der Waals surface area contributed by atoms with Crippen LogP contribution in [0.4, 0.5) is 0 Å². The Balaban J connectivity index is 2.36. The van der Waals surface area contributed by atoms with Gasteiger partial charge in [0.1, 0.15) is 0 Å². The monoisotopic (exact) mass is 225 g/mol. The fraction of sp³-hybridized carbons (Fsp3) is 0.857. The standard InChI is InChI=1S/C14H27NO/c1-3-5-9-13(7-4-2)15-14-10-6-8-12(14)11-16/h3,12-16H,1,4-11H2,2H3. The molecule has 1 rings (SSSR count). The van der Waals surface area contributed by atoms with Gasteiger partial charge in [-0.1, -0.05) is 25.8 Å². The molecule has 2 heteroatoms. The average Bonchev–Trinajstić information content (AvgIpc) is 2.73. The first-order valence-corrected chi connectivity index (χ1v) is 6.79. The highest BCUT2D eigenvalue weighted by molar-refractivity contribution is 4.86. The van der Waals surface area contributed by atoms with Gasteiger partial charge in [0.05, 0.1) is 0 Å². The number of aliphatic hydroxyl groups excluding tert-OH is 1. The van der Waals surface area contributed by atoms with Crippen LogP contribution in [0.15, 0.2) is 12.7 Å². The van der Waals surface area contributed by atoms with Crippen LogP contribution in [-0.4, -0.2) is 23.8 Å². The Labute approximate surface area is 100 Å². The summed E-state index contributed by atoms with van der Waals surface area (Å²) in [7, 11) is 0. The molecule has 16 heavy (non-hydrogen) atoms. The minimum absolute atomic E-state index is 0.345. The highest BCUT2D eigenvalue weighted by Gasteiger charge is 2.27. The van der Waals surface area contributed by atoms with Crippen LogP contribution in [0.2, 0.25) is 0 Å². The molecule has 0 bridgehead atoms. The topological polar surface area (TPSA) is 32.3 Å². The molecule has 0 heterocycles. The molecule has 0 amide bonds. The largest absolute Gasteiger partial charge is 0.396 e. The molecule has 0 aromatic heterocycles. The zero-order valence-electron chi connectivity index (χ0n) is 10.6. The van der Waals surface area contributed by atoms with E-state index in [2.05, 4.69) is 18.8 Å². The first-order valence-electron chi connectivity index (χ1n) is 6.79. The molecule has 0 radical (unpaired) electrons. The lowest BCUT2D eigenvalue weighted by molar-refractivity contribution is 0.196. The zero-order valence-corrected chi connectivity index (χ0v) is 10.6. The van der Waals surface area contributed by atoms with Crippen LogP contribution in [0.3, 0.4) is 0 Å². The van der Waals surface area contributed by atoms with Crippen LogP contribution >= 0.6 is 0 Å². The highest BCUT2D eigenvalue weighted by Crippen LogP contribution is 2.26. The Morgan fingerprint density at radius 2 is 2.25 bits per heavy atom. The smallest absolute Gasteiger partial charge is 0.0474 e. The van der Waals surface area contributed by atoms with E-state index in [9.17, 15) is 5.11 Å². The van der Waals surface area contributed by atoms with Crippen molar-refractivity contribution in [2.45, 2.75) is 64.0 Å². The molecule has 3 unspecified atom stereocenters. The Kier molecular flexibility index (Phi) is 6.74. The highest BCUT2D eigenvalue weighted by atomic mass is 16.3. The van der Waals surface area contributed by atoms with E-state index in [0.29, 0.717) is 24.6 Å². The molecule has 2 nitrogen and oxygen atoms in total. The second-order valence-electron chi connectivity index (χ2n) is 5.00. The summed E-state index contributed by atoms with van der Waals surface area (Å²) in [5.74, 6) is 0.489.